The second-order valence-electron chi connectivity index (χ2n) is 6.70. The largest absolute Gasteiger partial charge is 0.310 e. The van der Waals surface area contributed by atoms with Gasteiger partial charge in [0.1, 0.15) is 0 Å². The first kappa shape index (κ1) is 13.7. The first-order chi connectivity index (χ1) is 10.1. The molecule has 116 valence electrons. The number of fused-ring (bicyclic) bond motifs is 2. The molecule has 1 aromatic rings. The number of hydrogen-bond acceptors (Lipinski definition) is 4. The first-order valence-corrected chi connectivity index (χ1v) is 9.29. The molecule has 2 N–H and O–H groups in total. The van der Waals surface area contributed by atoms with E-state index in [0.29, 0.717) is 25.0 Å². The standard InChI is InChI=1S/C14H22N4O2S/c1-9-13(7-15-11-3-4-11)14(17-16-9)21(19,20)18-8-10-2-5-12(18)6-10/h10-12,15H,2-8H2,1H3,(H,16,17). The van der Waals surface area contributed by atoms with Gasteiger partial charge in [-0.1, -0.05) is 0 Å². The van der Waals surface area contributed by atoms with Crippen LogP contribution in [-0.2, 0) is 16.6 Å². The summed E-state index contributed by atoms with van der Waals surface area (Å²) in [5.41, 5.74) is 1.66. The van der Waals surface area contributed by atoms with Gasteiger partial charge < -0.3 is 5.32 Å². The minimum atomic E-state index is -3.46. The maximum absolute atomic E-state index is 12.9. The Morgan fingerprint density at radius 2 is 2.14 bits per heavy atom. The number of hydrogen-bond donors (Lipinski definition) is 2. The van der Waals surface area contributed by atoms with Gasteiger partial charge in [-0.05, 0) is 44.9 Å². The summed E-state index contributed by atoms with van der Waals surface area (Å²) in [4.78, 5) is 0. The lowest BCUT2D eigenvalue weighted by atomic mass is 10.1. The number of piperidine rings is 1. The molecular weight excluding hydrogens is 288 g/mol. The second kappa shape index (κ2) is 4.79. The van der Waals surface area contributed by atoms with E-state index in [9.17, 15) is 8.42 Å². The van der Waals surface area contributed by atoms with Crippen molar-refractivity contribution in [3.8, 4) is 0 Å². The Hall–Kier alpha value is -0.920. The van der Waals surface area contributed by atoms with Crippen molar-refractivity contribution in [1.82, 2.24) is 19.8 Å². The van der Waals surface area contributed by atoms with Crippen LogP contribution in [0.1, 0.15) is 43.4 Å². The fourth-order valence-electron chi connectivity index (χ4n) is 3.67. The molecule has 2 aliphatic carbocycles. The molecule has 3 aliphatic rings. The summed E-state index contributed by atoms with van der Waals surface area (Å²) in [6.07, 6.45) is 5.58. The number of aromatic amines is 1. The Kier molecular flexibility index (Phi) is 3.13. The molecule has 2 bridgehead atoms. The number of nitrogens with one attached hydrogen (secondary N) is 2. The Labute approximate surface area is 125 Å². The predicted molar refractivity (Wildman–Crippen MR) is 78.2 cm³/mol. The van der Waals surface area contributed by atoms with Crippen molar-refractivity contribution in [3.05, 3.63) is 11.3 Å². The van der Waals surface area contributed by atoms with Gasteiger partial charge in [-0.2, -0.15) is 9.40 Å². The maximum atomic E-state index is 12.9. The third kappa shape index (κ3) is 2.31. The fourth-order valence-corrected chi connectivity index (χ4v) is 5.58. The molecule has 1 saturated heterocycles. The van der Waals surface area contributed by atoms with E-state index in [4.69, 9.17) is 0 Å². The van der Waals surface area contributed by atoms with Crippen LogP contribution in [0.15, 0.2) is 5.03 Å². The highest BCUT2D eigenvalue weighted by molar-refractivity contribution is 7.89. The van der Waals surface area contributed by atoms with Crippen LogP contribution in [0.4, 0.5) is 0 Å². The Morgan fingerprint density at radius 1 is 1.33 bits per heavy atom. The van der Waals surface area contributed by atoms with Gasteiger partial charge in [0.05, 0.1) is 0 Å². The van der Waals surface area contributed by atoms with Crippen LogP contribution in [-0.4, -0.2) is 41.5 Å². The lowest BCUT2D eigenvalue weighted by Crippen LogP contribution is -2.38. The molecule has 2 heterocycles. The quantitative estimate of drug-likeness (QED) is 0.855. The van der Waals surface area contributed by atoms with Crippen molar-refractivity contribution < 1.29 is 8.42 Å². The van der Waals surface area contributed by atoms with Crippen molar-refractivity contribution >= 4 is 10.0 Å². The number of sulfonamides is 1. The Balaban J connectivity index is 1.62. The summed E-state index contributed by atoms with van der Waals surface area (Å²) in [7, 11) is -3.46. The van der Waals surface area contributed by atoms with E-state index in [2.05, 4.69) is 15.5 Å². The highest BCUT2D eigenvalue weighted by Gasteiger charge is 2.45. The summed E-state index contributed by atoms with van der Waals surface area (Å²) in [5.74, 6) is 0.554. The van der Waals surface area contributed by atoms with Gasteiger partial charge in [0, 0.05) is 36.4 Å². The molecule has 1 aromatic heterocycles. The molecule has 6 nitrogen and oxygen atoms in total. The zero-order chi connectivity index (χ0) is 14.6. The third-order valence-corrected chi connectivity index (χ3v) is 6.98. The van der Waals surface area contributed by atoms with Crippen LogP contribution in [0.3, 0.4) is 0 Å². The zero-order valence-corrected chi connectivity index (χ0v) is 13.1. The maximum Gasteiger partial charge on any atom is 0.262 e. The minimum absolute atomic E-state index is 0.196. The van der Waals surface area contributed by atoms with Crippen molar-refractivity contribution in [3.63, 3.8) is 0 Å². The summed E-state index contributed by atoms with van der Waals surface area (Å²) in [6, 6.07) is 0.749. The Bertz CT molecular complexity index is 650. The van der Waals surface area contributed by atoms with Gasteiger partial charge in [-0.3, -0.25) is 5.10 Å². The number of aryl methyl sites for hydroxylation is 1. The van der Waals surface area contributed by atoms with E-state index >= 15 is 0 Å². The molecule has 2 unspecified atom stereocenters. The molecule has 4 rings (SSSR count). The molecule has 0 amide bonds. The zero-order valence-electron chi connectivity index (χ0n) is 12.3. The second-order valence-corrected chi connectivity index (χ2v) is 8.50. The van der Waals surface area contributed by atoms with Crippen molar-refractivity contribution in [2.45, 2.75) is 62.7 Å². The molecule has 2 atom stereocenters. The molecular formula is C14H22N4O2S. The monoisotopic (exact) mass is 310 g/mol. The number of aromatic nitrogens is 2. The van der Waals surface area contributed by atoms with E-state index in [-0.39, 0.29) is 11.1 Å². The summed E-state index contributed by atoms with van der Waals surface area (Å²) >= 11 is 0. The fraction of sp³-hybridized carbons (Fsp3) is 0.786. The molecule has 1 aliphatic heterocycles. The highest BCUT2D eigenvalue weighted by atomic mass is 32.2. The van der Waals surface area contributed by atoms with Crippen molar-refractivity contribution in [1.29, 1.82) is 0 Å². The van der Waals surface area contributed by atoms with Gasteiger partial charge in [-0.15, -0.1) is 0 Å². The number of nitrogens with zero attached hydrogens (tertiary/aromatic N) is 2. The molecule has 0 aromatic carbocycles. The first-order valence-electron chi connectivity index (χ1n) is 7.85. The van der Waals surface area contributed by atoms with Crippen LogP contribution >= 0.6 is 0 Å². The number of H-pyrrole nitrogens is 1. The minimum Gasteiger partial charge on any atom is -0.310 e. The van der Waals surface area contributed by atoms with Crippen LogP contribution < -0.4 is 5.32 Å². The SMILES string of the molecule is Cc1[nH]nc(S(=O)(=O)N2CC3CCC2C3)c1CNC1CC1. The number of rotatable bonds is 5. The van der Waals surface area contributed by atoms with E-state index in [1.807, 2.05) is 6.92 Å². The summed E-state index contributed by atoms with van der Waals surface area (Å²) in [6.45, 7) is 3.16. The van der Waals surface area contributed by atoms with Gasteiger partial charge in [0.2, 0.25) is 0 Å². The molecule has 3 fully saturated rings. The summed E-state index contributed by atoms with van der Waals surface area (Å²) < 4.78 is 27.6. The van der Waals surface area contributed by atoms with E-state index in [1.54, 1.807) is 4.31 Å². The van der Waals surface area contributed by atoms with E-state index < -0.39 is 10.0 Å². The average molecular weight is 310 g/mol. The van der Waals surface area contributed by atoms with Gasteiger partial charge in [0.25, 0.3) is 10.0 Å². The van der Waals surface area contributed by atoms with E-state index in [0.717, 1.165) is 24.1 Å². The smallest absolute Gasteiger partial charge is 0.262 e. The van der Waals surface area contributed by atoms with Crippen LogP contribution in [0.25, 0.3) is 0 Å². The predicted octanol–water partition coefficient (Wildman–Crippen LogP) is 1.14. The van der Waals surface area contributed by atoms with Crippen LogP contribution in [0.2, 0.25) is 0 Å². The van der Waals surface area contributed by atoms with E-state index in [1.165, 1.54) is 19.3 Å². The summed E-state index contributed by atoms with van der Waals surface area (Å²) in [5, 5.41) is 10.6. The molecule has 7 heteroatoms. The molecule has 21 heavy (non-hydrogen) atoms. The molecule has 0 radical (unpaired) electrons. The third-order valence-electron chi connectivity index (χ3n) is 5.09. The van der Waals surface area contributed by atoms with Crippen molar-refractivity contribution in [2.75, 3.05) is 6.54 Å². The van der Waals surface area contributed by atoms with Crippen LogP contribution in [0.5, 0.6) is 0 Å². The lowest BCUT2D eigenvalue weighted by molar-refractivity contribution is 0.332. The Morgan fingerprint density at radius 3 is 2.76 bits per heavy atom. The normalized spacial score (nSPS) is 29.4. The molecule has 2 saturated carbocycles. The van der Waals surface area contributed by atoms with Gasteiger partial charge in [-0.25, -0.2) is 8.42 Å². The topological polar surface area (TPSA) is 78.1 Å². The molecule has 0 spiro atoms. The van der Waals surface area contributed by atoms with Gasteiger partial charge >= 0.3 is 0 Å². The van der Waals surface area contributed by atoms with Crippen LogP contribution in [0, 0.1) is 12.8 Å². The average Bonchev–Trinajstić information content (AvgIpc) is 2.86. The highest BCUT2D eigenvalue weighted by Crippen LogP contribution is 2.40. The van der Waals surface area contributed by atoms with Crippen molar-refractivity contribution in [2.24, 2.45) is 5.92 Å². The lowest BCUT2D eigenvalue weighted by Gasteiger charge is -2.25. The van der Waals surface area contributed by atoms with Gasteiger partial charge in [0.15, 0.2) is 5.03 Å².